The van der Waals surface area contributed by atoms with Crippen molar-refractivity contribution in [2.24, 2.45) is 0 Å². The molecule has 2 N–H and O–H groups in total. The number of imide groups is 1. The molecule has 0 radical (unpaired) electrons. The van der Waals surface area contributed by atoms with E-state index in [4.69, 9.17) is 0 Å². The van der Waals surface area contributed by atoms with E-state index in [0.717, 1.165) is 5.56 Å². The molecule has 0 atom stereocenters. The molecule has 2 rings (SSSR count). The third-order valence-corrected chi connectivity index (χ3v) is 4.60. The van der Waals surface area contributed by atoms with Crippen LogP contribution in [-0.4, -0.2) is 26.1 Å². The topological polar surface area (TPSA) is 92.3 Å². The number of urea groups is 1. The van der Waals surface area contributed by atoms with Crippen LogP contribution in [0.25, 0.3) is 0 Å². The molecule has 0 spiro atoms. The second-order valence-electron chi connectivity index (χ2n) is 4.79. The van der Waals surface area contributed by atoms with Gasteiger partial charge in [0.25, 0.3) is 0 Å². The van der Waals surface area contributed by atoms with Gasteiger partial charge in [0.1, 0.15) is 5.75 Å². The summed E-state index contributed by atoms with van der Waals surface area (Å²) in [6.45, 7) is 0.241. The van der Waals surface area contributed by atoms with Crippen LogP contribution in [0.3, 0.4) is 0 Å². The van der Waals surface area contributed by atoms with E-state index in [1.54, 1.807) is 18.2 Å². The number of sulfone groups is 1. The lowest BCUT2D eigenvalue weighted by molar-refractivity contribution is -0.117. The van der Waals surface area contributed by atoms with Gasteiger partial charge in [0, 0.05) is 6.54 Å². The SMILES string of the molecule is O=C(CS(=O)(=O)c1ccccc1)NC(=O)NCc1ccccc1. The highest BCUT2D eigenvalue weighted by Crippen LogP contribution is 2.09. The Morgan fingerprint density at radius 2 is 1.43 bits per heavy atom. The maximum Gasteiger partial charge on any atom is 0.321 e. The Morgan fingerprint density at radius 3 is 2.04 bits per heavy atom. The Bertz CT molecular complexity index is 774. The van der Waals surface area contributed by atoms with Crippen molar-refractivity contribution in [3.8, 4) is 0 Å². The first kappa shape index (κ1) is 16.7. The van der Waals surface area contributed by atoms with Crippen molar-refractivity contribution < 1.29 is 18.0 Å². The summed E-state index contributed by atoms with van der Waals surface area (Å²) in [5.41, 5.74) is 0.868. The van der Waals surface area contributed by atoms with Crippen LogP contribution in [0.15, 0.2) is 65.6 Å². The molecule has 0 fully saturated rings. The smallest absolute Gasteiger partial charge is 0.321 e. The van der Waals surface area contributed by atoms with Gasteiger partial charge in [-0.05, 0) is 17.7 Å². The first-order valence-corrected chi connectivity index (χ1v) is 8.52. The molecule has 0 aliphatic carbocycles. The van der Waals surface area contributed by atoms with Gasteiger partial charge in [-0.25, -0.2) is 13.2 Å². The largest absolute Gasteiger partial charge is 0.334 e. The number of benzene rings is 2. The minimum absolute atomic E-state index is 0.0415. The fraction of sp³-hybridized carbons (Fsp3) is 0.125. The van der Waals surface area contributed by atoms with Crippen LogP contribution in [0.2, 0.25) is 0 Å². The second kappa shape index (κ2) is 7.55. The van der Waals surface area contributed by atoms with Crippen LogP contribution in [-0.2, 0) is 21.2 Å². The maximum absolute atomic E-state index is 12.0. The predicted molar refractivity (Wildman–Crippen MR) is 85.3 cm³/mol. The molecule has 0 aliphatic heterocycles. The number of amides is 3. The van der Waals surface area contributed by atoms with Crippen LogP contribution in [0.5, 0.6) is 0 Å². The summed E-state index contributed by atoms with van der Waals surface area (Å²) in [4.78, 5) is 23.4. The summed E-state index contributed by atoms with van der Waals surface area (Å²) in [5.74, 6) is -1.66. The Morgan fingerprint density at radius 1 is 0.870 bits per heavy atom. The molecule has 0 saturated carbocycles. The number of nitrogens with one attached hydrogen (secondary N) is 2. The highest BCUT2D eigenvalue weighted by Gasteiger charge is 2.20. The predicted octanol–water partition coefficient (Wildman–Crippen LogP) is 1.49. The Balaban J connectivity index is 1.86. The molecule has 23 heavy (non-hydrogen) atoms. The van der Waals surface area contributed by atoms with Crippen molar-refractivity contribution in [2.75, 3.05) is 5.75 Å². The third kappa shape index (κ3) is 5.23. The molecule has 0 bridgehead atoms. The summed E-state index contributed by atoms with van der Waals surface area (Å²) in [7, 11) is -3.76. The molecule has 0 unspecified atom stereocenters. The Labute approximate surface area is 134 Å². The lowest BCUT2D eigenvalue weighted by atomic mass is 10.2. The summed E-state index contributed by atoms with van der Waals surface area (Å²) >= 11 is 0. The van der Waals surface area contributed by atoms with E-state index in [0.29, 0.717) is 0 Å². The zero-order chi connectivity index (χ0) is 16.7. The molecular weight excluding hydrogens is 316 g/mol. The molecule has 6 nitrogen and oxygen atoms in total. The van der Waals surface area contributed by atoms with Gasteiger partial charge >= 0.3 is 6.03 Å². The fourth-order valence-corrected chi connectivity index (χ4v) is 3.02. The lowest BCUT2D eigenvalue weighted by Gasteiger charge is -2.07. The molecular formula is C16H16N2O4S. The summed E-state index contributed by atoms with van der Waals surface area (Å²) in [5, 5.41) is 4.50. The fourth-order valence-electron chi connectivity index (χ4n) is 1.87. The number of hydrogen-bond acceptors (Lipinski definition) is 4. The maximum atomic E-state index is 12.0. The molecule has 0 aliphatic rings. The monoisotopic (exact) mass is 332 g/mol. The van der Waals surface area contributed by atoms with Crippen molar-refractivity contribution in [2.45, 2.75) is 11.4 Å². The van der Waals surface area contributed by atoms with E-state index in [-0.39, 0.29) is 11.4 Å². The van der Waals surface area contributed by atoms with Crippen molar-refractivity contribution in [1.82, 2.24) is 10.6 Å². The highest BCUT2D eigenvalue weighted by molar-refractivity contribution is 7.92. The van der Waals surface area contributed by atoms with Crippen molar-refractivity contribution in [3.05, 3.63) is 66.2 Å². The minimum Gasteiger partial charge on any atom is -0.334 e. The van der Waals surface area contributed by atoms with Gasteiger partial charge < -0.3 is 5.32 Å². The zero-order valence-corrected chi connectivity index (χ0v) is 13.0. The lowest BCUT2D eigenvalue weighted by Crippen LogP contribution is -2.41. The van der Waals surface area contributed by atoms with Crippen LogP contribution in [0.4, 0.5) is 4.79 Å². The second-order valence-corrected chi connectivity index (χ2v) is 6.78. The molecule has 0 heterocycles. The van der Waals surface area contributed by atoms with Crippen LogP contribution in [0.1, 0.15) is 5.56 Å². The van der Waals surface area contributed by atoms with E-state index >= 15 is 0 Å². The van der Waals surface area contributed by atoms with Crippen LogP contribution < -0.4 is 10.6 Å². The molecule has 2 aromatic carbocycles. The Kier molecular flexibility index (Phi) is 5.48. The third-order valence-electron chi connectivity index (χ3n) is 2.97. The number of hydrogen-bond donors (Lipinski definition) is 2. The van der Waals surface area contributed by atoms with Crippen molar-refractivity contribution in [3.63, 3.8) is 0 Å². The van der Waals surface area contributed by atoms with E-state index in [1.165, 1.54) is 12.1 Å². The van der Waals surface area contributed by atoms with Gasteiger partial charge in [-0.1, -0.05) is 48.5 Å². The van der Waals surface area contributed by atoms with Gasteiger partial charge in [0.2, 0.25) is 5.91 Å². The Hall–Kier alpha value is -2.67. The first-order chi connectivity index (χ1) is 11.0. The normalized spacial score (nSPS) is 10.8. The standard InChI is InChI=1S/C16H16N2O4S/c19-15(12-23(21,22)14-9-5-2-6-10-14)18-16(20)17-11-13-7-3-1-4-8-13/h1-10H,11-12H2,(H2,17,18,19,20). The van der Waals surface area contributed by atoms with Gasteiger partial charge in [0.15, 0.2) is 9.84 Å². The minimum atomic E-state index is -3.76. The van der Waals surface area contributed by atoms with Crippen molar-refractivity contribution in [1.29, 1.82) is 0 Å². The number of carbonyl (C=O) groups excluding carboxylic acids is 2. The summed E-state index contributed by atoms with van der Waals surface area (Å²) in [6, 6.07) is 16.0. The summed E-state index contributed by atoms with van der Waals surface area (Å²) < 4.78 is 24.0. The van der Waals surface area contributed by atoms with Gasteiger partial charge in [-0.3, -0.25) is 10.1 Å². The molecule has 0 aromatic heterocycles. The van der Waals surface area contributed by atoms with Crippen molar-refractivity contribution >= 4 is 21.8 Å². The number of rotatable bonds is 5. The average Bonchev–Trinajstić information content (AvgIpc) is 2.54. The van der Waals surface area contributed by atoms with E-state index < -0.39 is 27.5 Å². The highest BCUT2D eigenvalue weighted by atomic mass is 32.2. The quantitative estimate of drug-likeness (QED) is 0.867. The van der Waals surface area contributed by atoms with Gasteiger partial charge in [-0.15, -0.1) is 0 Å². The molecule has 120 valence electrons. The van der Waals surface area contributed by atoms with Crippen LogP contribution in [0, 0.1) is 0 Å². The van der Waals surface area contributed by atoms with Gasteiger partial charge in [0.05, 0.1) is 4.90 Å². The molecule has 0 saturated heterocycles. The van der Waals surface area contributed by atoms with Crippen LogP contribution >= 0.6 is 0 Å². The van der Waals surface area contributed by atoms with Gasteiger partial charge in [-0.2, -0.15) is 0 Å². The molecule has 2 aromatic rings. The molecule has 3 amide bonds. The van der Waals surface area contributed by atoms with E-state index in [2.05, 4.69) is 5.32 Å². The first-order valence-electron chi connectivity index (χ1n) is 6.87. The van der Waals surface area contributed by atoms with E-state index in [9.17, 15) is 18.0 Å². The average molecular weight is 332 g/mol. The summed E-state index contributed by atoms with van der Waals surface area (Å²) in [6.07, 6.45) is 0. The molecule has 7 heteroatoms. The number of carbonyl (C=O) groups is 2. The zero-order valence-electron chi connectivity index (χ0n) is 12.2. The van der Waals surface area contributed by atoms with E-state index in [1.807, 2.05) is 35.6 Å².